The van der Waals surface area contributed by atoms with Crippen molar-refractivity contribution < 1.29 is 18.0 Å². The Labute approximate surface area is 247 Å². The maximum absolute atomic E-state index is 14.2. The molecule has 10 nitrogen and oxygen atoms in total. The molecule has 2 aromatic carbocycles. The molecule has 1 N–H and O–H groups in total. The normalized spacial score (nSPS) is 16.6. The fourth-order valence-corrected chi connectivity index (χ4v) is 6.97. The maximum atomic E-state index is 14.2. The molecule has 4 aromatic rings. The van der Waals surface area contributed by atoms with Crippen LogP contribution in [0.3, 0.4) is 0 Å². The van der Waals surface area contributed by atoms with Gasteiger partial charge in [0.05, 0.1) is 17.6 Å². The maximum Gasteiger partial charge on any atom is 0.260 e. The first-order valence-electron chi connectivity index (χ1n) is 12.7. The summed E-state index contributed by atoms with van der Waals surface area (Å²) in [6, 6.07) is 12.3. The Kier molecular flexibility index (Phi) is 7.87. The van der Waals surface area contributed by atoms with E-state index in [0.29, 0.717) is 15.7 Å². The lowest BCUT2D eigenvalue weighted by Crippen LogP contribution is -2.42. The van der Waals surface area contributed by atoms with Crippen LogP contribution in [0.5, 0.6) is 0 Å². The molecule has 0 spiro atoms. The average Bonchev–Trinajstić information content (AvgIpc) is 3.45. The number of anilines is 2. The lowest BCUT2D eigenvalue weighted by Gasteiger charge is -2.27. The first kappa shape index (κ1) is 28.7. The molecule has 1 aliphatic heterocycles. The second kappa shape index (κ2) is 11.2. The van der Waals surface area contributed by atoms with E-state index in [1.54, 1.807) is 37.5 Å². The highest BCUT2D eigenvalue weighted by molar-refractivity contribution is 7.91. The number of halogens is 2. The molecule has 0 bridgehead atoms. The molecule has 212 valence electrons. The van der Waals surface area contributed by atoms with Gasteiger partial charge in [-0.15, -0.1) is 0 Å². The van der Waals surface area contributed by atoms with Crippen LogP contribution in [-0.2, 0) is 31.4 Å². The van der Waals surface area contributed by atoms with Crippen molar-refractivity contribution in [2.24, 2.45) is 0 Å². The minimum Gasteiger partial charge on any atom is -0.356 e. The Bertz CT molecular complexity index is 1710. The molecule has 0 saturated heterocycles. The number of fused-ring (bicyclic) bond motifs is 1. The third-order valence-electron chi connectivity index (χ3n) is 6.85. The van der Waals surface area contributed by atoms with Gasteiger partial charge in [-0.25, -0.2) is 28.3 Å². The fraction of sp³-hybridized carbons (Fsp3) is 0.250. The number of aromatic nitrogens is 4. The van der Waals surface area contributed by atoms with Gasteiger partial charge in [-0.3, -0.25) is 14.2 Å². The van der Waals surface area contributed by atoms with Crippen molar-refractivity contribution in [3.05, 3.63) is 83.0 Å². The molecule has 2 aromatic heterocycles. The van der Waals surface area contributed by atoms with E-state index >= 15 is 0 Å². The van der Waals surface area contributed by atoms with E-state index in [-0.39, 0.29) is 47.9 Å². The smallest absolute Gasteiger partial charge is 0.260 e. The lowest BCUT2D eigenvalue weighted by atomic mass is 9.91. The standard InChI is InChI=1S/C28H26Cl2N6O4S/c1-18(37)33-8-3-9-41(39,40)25-16-34-27-35(24-11-22(29)10-23(30)12-24)26(38)28(2,36(25)27)13-19-4-6-20(7-5-19)21-14-31-17-32-15-21/h4-7,10-12,14-17H,3,8-9,13H2,1-2H3,(H,33,37)/t28-/m1/s1. The summed E-state index contributed by atoms with van der Waals surface area (Å²) in [4.78, 5) is 39.3. The highest BCUT2D eigenvalue weighted by Gasteiger charge is 2.51. The molecule has 0 radical (unpaired) electrons. The van der Waals surface area contributed by atoms with Crippen LogP contribution < -0.4 is 10.2 Å². The van der Waals surface area contributed by atoms with Gasteiger partial charge in [0.2, 0.25) is 11.9 Å². The summed E-state index contributed by atoms with van der Waals surface area (Å²) in [5.41, 5.74) is 1.57. The highest BCUT2D eigenvalue weighted by atomic mass is 35.5. The van der Waals surface area contributed by atoms with E-state index < -0.39 is 15.4 Å². The fourth-order valence-electron chi connectivity index (χ4n) is 4.94. The van der Waals surface area contributed by atoms with E-state index in [1.807, 2.05) is 24.3 Å². The van der Waals surface area contributed by atoms with Crippen LogP contribution in [0, 0.1) is 0 Å². The summed E-state index contributed by atoms with van der Waals surface area (Å²) >= 11 is 12.5. The average molecular weight is 614 g/mol. The van der Waals surface area contributed by atoms with Gasteiger partial charge >= 0.3 is 0 Å². The largest absolute Gasteiger partial charge is 0.356 e. The van der Waals surface area contributed by atoms with Gasteiger partial charge in [0, 0.05) is 47.9 Å². The van der Waals surface area contributed by atoms with Gasteiger partial charge in [0.25, 0.3) is 5.91 Å². The predicted molar refractivity (Wildman–Crippen MR) is 156 cm³/mol. The van der Waals surface area contributed by atoms with Gasteiger partial charge in [0.15, 0.2) is 14.9 Å². The van der Waals surface area contributed by atoms with Crippen molar-refractivity contribution in [1.82, 2.24) is 24.8 Å². The van der Waals surface area contributed by atoms with Crippen molar-refractivity contribution in [1.29, 1.82) is 0 Å². The Hall–Kier alpha value is -3.80. The minimum atomic E-state index is -3.89. The van der Waals surface area contributed by atoms with Crippen LogP contribution in [0.15, 0.2) is 72.4 Å². The van der Waals surface area contributed by atoms with E-state index in [2.05, 4.69) is 20.3 Å². The van der Waals surface area contributed by atoms with E-state index in [0.717, 1.165) is 16.7 Å². The van der Waals surface area contributed by atoms with Crippen molar-refractivity contribution in [2.45, 2.75) is 37.3 Å². The summed E-state index contributed by atoms with van der Waals surface area (Å²) in [6.45, 7) is 3.27. The zero-order chi connectivity index (χ0) is 29.4. The van der Waals surface area contributed by atoms with Crippen molar-refractivity contribution in [3.63, 3.8) is 0 Å². The first-order chi connectivity index (χ1) is 19.5. The Morgan fingerprint density at radius 3 is 2.29 bits per heavy atom. The zero-order valence-corrected chi connectivity index (χ0v) is 24.5. The number of carbonyl (C=O) groups excluding carboxylic acids is 2. The molecular formula is C28H26Cl2N6O4S. The van der Waals surface area contributed by atoms with E-state index in [4.69, 9.17) is 23.2 Å². The quantitative estimate of drug-likeness (QED) is 0.274. The van der Waals surface area contributed by atoms with Crippen LogP contribution in [0.4, 0.5) is 11.6 Å². The van der Waals surface area contributed by atoms with Crippen LogP contribution in [0.25, 0.3) is 11.1 Å². The number of benzene rings is 2. The molecule has 13 heteroatoms. The summed E-state index contributed by atoms with van der Waals surface area (Å²) in [5, 5.41) is 3.16. The van der Waals surface area contributed by atoms with Gasteiger partial charge in [-0.05, 0) is 42.7 Å². The van der Waals surface area contributed by atoms with Gasteiger partial charge in [-0.1, -0.05) is 47.5 Å². The van der Waals surface area contributed by atoms with Gasteiger partial charge in [0.1, 0.15) is 11.9 Å². The third-order valence-corrected chi connectivity index (χ3v) is 9.04. The van der Waals surface area contributed by atoms with E-state index in [9.17, 15) is 18.0 Å². The number of sulfone groups is 1. The monoisotopic (exact) mass is 612 g/mol. The molecule has 0 fully saturated rings. The number of rotatable bonds is 9. The number of hydrogen-bond acceptors (Lipinski definition) is 7. The molecule has 41 heavy (non-hydrogen) atoms. The molecule has 0 saturated carbocycles. The zero-order valence-electron chi connectivity index (χ0n) is 22.2. The SMILES string of the molecule is CC(=O)NCCCS(=O)(=O)c1cnc2n1[C@](C)(Cc1ccc(-c3cncnc3)cc1)C(=O)N2c1cc(Cl)cc(Cl)c1. The molecule has 1 atom stereocenters. The predicted octanol–water partition coefficient (Wildman–Crippen LogP) is 4.58. The third kappa shape index (κ3) is 5.70. The number of nitrogens with zero attached hydrogens (tertiary/aromatic N) is 5. The van der Waals surface area contributed by atoms with Gasteiger partial charge in [-0.2, -0.15) is 0 Å². The topological polar surface area (TPSA) is 127 Å². The van der Waals surface area contributed by atoms with E-state index in [1.165, 1.54) is 28.9 Å². The van der Waals surface area contributed by atoms with Crippen molar-refractivity contribution in [2.75, 3.05) is 17.2 Å². The first-order valence-corrected chi connectivity index (χ1v) is 15.1. The number of hydrogen-bond donors (Lipinski definition) is 1. The molecular weight excluding hydrogens is 587 g/mol. The molecule has 2 amide bonds. The van der Waals surface area contributed by atoms with Gasteiger partial charge < -0.3 is 5.32 Å². The van der Waals surface area contributed by atoms with Crippen molar-refractivity contribution >= 4 is 56.5 Å². The summed E-state index contributed by atoms with van der Waals surface area (Å²) < 4.78 is 28.6. The molecule has 3 heterocycles. The molecule has 0 unspecified atom stereocenters. The number of amides is 2. The molecule has 1 aliphatic rings. The highest BCUT2D eigenvalue weighted by Crippen LogP contribution is 2.44. The number of nitrogens with one attached hydrogen (secondary N) is 1. The summed E-state index contributed by atoms with van der Waals surface area (Å²) in [7, 11) is -3.89. The van der Waals surface area contributed by atoms with Crippen LogP contribution in [-0.4, -0.2) is 52.0 Å². The molecule has 0 aliphatic carbocycles. The Morgan fingerprint density at radius 1 is 1.00 bits per heavy atom. The molecule has 5 rings (SSSR count). The number of imidazole rings is 1. The second-order valence-electron chi connectivity index (χ2n) is 9.93. The Balaban J connectivity index is 1.55. The van der Waals surface area contributed by atoms with Crippen LogP contribution in [0.1, 0.15) is 25.8 Å². The summed E-state index contributed by atoms with van der Waals surface area (Å²) in [5.74, 6) is -0.713. The number of carbonyl (C=O) groups is 2. The van der Waals surface area contributed by atoms with Crippen molar-refractivity contribution in [3.8, 4) is 11.1 Å². The summed E-state index contributed by atoms with van der Waals surface area (Å²) in [6.07, 6.45) is 6.52. The second-order valence-corrected chi connectivity index (χ2v) is 12.9. The van der Waals surface area contributed by atoms with Crippen LogP contribution in [0.2, 0.25) is 10.0 Å². The Morgan fingerprint density at radius 2 is 1.66 bits per heavy atom. The van der Waals surface area contributed by atoms with Crippen LogP contribution >= 0.6 is 23.2 Å². The minimum absolute atomic E-state index is 0.0835. The lowest BCUT2D eigenvalue weighted by molar-refractivity contribution is -0.124.